The number of hydrogen-bond donors (Lipinski definition) is 2. The molecular weight excluding hydrogens is 382 g/mol. The Morgan fingerprint density at radius 1 is 0.452 bits per heavy atom. The van der Waals surface area contributed by atoms with E-state index < -0.39 is 0 Å². The van der Waals surface area contributed by atoms with Gasteiger partial charge in [-0.1, -0.05) is 48.5 Å². The maximum Gasteiger partial charge on any atom is 0.115 e. The zero-order valence-corrected chi connectivity index (χ0v) is 16.7. The van der Waals surface area contributed by atoms with Gasteiger partial charge in [0, 0.05) is 16.8 Å². The molecule has 0 aromatic heterocycles. The molecule has 0 heterocycles. The normalized spacial score (nSPS) is 11.5. The summed E-state index contributed by atoms with van der Waals surface area (Å²) in [6.45, 7) is 0. The largest absolute Gasteiger partial charge is 0.508 e. The fourth-order valence-electron chi connectivity index (χ4n) is 4.55. The number of anilines is 3. The molecule has 0 bridgehead atoms. The summed E-state index contributed by atoms with van der Waals surface area (Å²) in [5.74, 6) is 0.453. The second-order valence-corrected chi connectivity index (χ2v) is 7.81. The highest BCUT2D eigenvalue weighted by atomic mass is 16.3. The van der Waals surface area contributed by atoms with Crippen LogP contribution in [0.25, 0.3) is 32.3 Å². The molecule has 3 nitrogen and oxygen atoms in total. The van der Waals surface area contributed by atoms with Gasteiger partial charge in [0.2, 0.25) is 0 Å². The lowest BCUT2D eigenvalue weighted by molar-refractivity contribution is 0.475. The Hall–Kier alpha value is -4.24. The van der Waals surface area contributed by atoms with Crippen molar-refractivity contribution in [3.05, 3.63) is 103 Å². The second-order valence-electron chi connectivity index (χ2n) is 7.81. The maximum atomic E-state index is 9.82. The maximum absolute atomic E-state index is 9.82. The molecule has 0 aliphatic rings. The molecule has 0 spiro atoms. The number of phenols is 2. The number of benzene rings is 6. The van der Waals surface area contributed by atoms with Crippen molar-refractivity contribution in [2.45, 2.75) is 0 Å². The third-order valence-corrected chi connectivity index (χ3v) is 5.96. The Morgan fingerprint density at radius 2 is 0.935 bits per heavy atom. The van der Waals surface area contributed by atoms with Gasteiger partial charge in [-0.2, -0.15) is 0 Å². The molecule has 0 radical (unpaired) electrons. The first-order chi connectivity index (χ1) is 15.2. The lowest BCUT2D eigenvalue weighted by Crippen LogP contribution is -2.10. The molecule has 148 valence electrons. The van der Waals surface area contributed by atoms with Gasteiger partial charge in [-0.15, -0.1) is 0 Å². The highest BCUT2D eigenvalue weighted by Crippen LogP contribution is 2.44. The standard InChI is InChI=1S/C28H19NO2/c30-23-12-8-21(9-13-23)29(22-10-14-24(31)15-11-22)26-17-7-20-5-4-18-2-1-3-19-6-16-25(26)28(20)27(18)19/h1-17,30-31H. The Labute approximate surface area is 179 Å². The van der Waals surface area contributed by atoms with Crippen LogP contribution in [0.4, 0.5) is 17.1 Å². The Balaban J connectivity index is 1.69. The van der Waals surface area contributed by atoms with Crippen LogP contribution in [0.15, 0.2) is 103 Å². The minimum absolute atomic E-state index is 0.227. The summed E-state index contributed by atoms with van der Waals surface area (Å²) in [6, 6.07) is 33.8. The molecule has 0 amide bonds. The van der Waals surface area contributed by atoms with Crippen molar-refractivity contribution in [2.24, 2.45) is 0 Å². The zero-order chi connectivity index (χ0) is 20.9. The molecule has 0 aliphatic heterocycles. The van der Waals surface area contributed by atoms with Gasteiger partial charge >= 0.3 is 0 Å². The number of phenolic OH excluding ortho intramolecular Hbond substituents is 2. The lowest BCUT2D eigenvalue weighted by Gasteiger charge is -2.27. The van der Waals surface area contributed by atoms with E-state index >= 15 is 0 Å². The van der Waals surface area contributed by atoms with E-state index in [1.165, 1.54) is 26.9 Å². The van der Waals surface area contributed by atoms with Gasteiger partial charge in [-0.3, -0.25) is 0 Å². The van der Waals surface area contributed by atoms with Crippen molar-refractivity contribution in [2.75, 3.05) is 4.90 Å². The third kappa shape index (κ3) is 2.75. The number of rotatable bonds is 3. The second kappa shape index (κ2) is 6.64. The Kier molecular flexibility index (Phi) is 3.77. The van der Waals surface area contributed by atoms with E-state index in [-0.39, 0.29) is 11.5 Å². The number of hydrogen-bond acceptors (Lipinski definition) is 3. The van der Waals surface area contributed by atoms with Gasteiger partial charge in [0.05, 0.1) is 5.69 Å². The third-order valence-electron chi connectivity index (χ3n) is 5.96. The molecule has 0 unspecified atom stereocenters. The van der Waals surface area contributed by atoms with E-state index in [4.69, 9.17) is 0 Å². The van der Waals surface area contributed by atoms with Crippen molar-refractivity contribution >= 4 is 49.4 Å². The molecule has 2 N–H and O–H groups in total. The fraction of sp³-hybridized carbons (Fsp3) is 0. The summed E-state index contributed by atoms with van der Waals surface area (Å²) in [4.78, 5) is 2.16. The number of nitrogens with zero attached hydrogens (tertiary/aromatic N) is 1. The number of aromatic hydroxyl groups is 2. The minimum atomic E-state index is 0.227. The highest BCUT2D eigenvalue weighted by Gasteiger charge is 2.18. The summed E-state index contributed by atoms with van der Waals surface area (Å²) < 4.78 is 0. The topological polar surface area (TPSA) is 43.7 Å². The molecule has 0 saturated carbocycles. The summed E-state index contributed by atoms with van der Waals surface area (Å²) >= 11 is 0. The van der Waals surface area contributed by atoms with Gasteiger partial charge in [0.15, 0.2) is 0 Å². The average molecular weight is 401 g/mol. The van der Waals surface area contributed by atoms with Gasteiger partial charge < -0.3 is 15.1 Å². The zero-order valence-electron chi connectivity index (χ0n) is 16.7. The molecule has 0 aliphatic carbocycles. The minimum Gasteiger partial charge on any atom is -0.508 e. The van der Waals surface area contributed by atoms with Crippen LogP contribution >= 0.6 is 0 Å². The summed E-state index contributed by atoms with van der Waals surface area (Å²) in [7, 11) is 0. The Bertz CT molecular complexity index is 1470. The molecule has 6 aromatic rings. The van der Waals surface area contributed by atoms with Crippen LogP contribution in [-0.4, -0.2) is 10.2 Å². The lowest BCUT2D eigenvalue weighted by atomic mass is 9.93. The predicted molar refractivity (Wildman–Crippen MR) is 128 cm³/mol. The molecule has 6 aromatic carbocycles. The van der Waals surface area contributed by atoms with Crippen molar-refractivity contribution < 1.29 is 10.2 Å². The summed E-state index contributed by atoms with van der Waals surface area (Å²) in [6.07, 6.45) is 0. The van der Waals surface area contributed by atoms with E-state index in [2.05, 4.69) is 59.5 Å². The summed E-state index contributed by atoms with van der Waals surface area (Å²) in [5, 5.41) is 27.0. The molecule has 31 heavy (non-hydrogen) atoms. The van der Waals surface area contributed by atoms with Crippen LogP contribution in [0.1, 0.15) is 0 Å². The van der Waals surface area contributed by atoms with E-state index in [0.717, 1.165) is 22.4 Å². The molecule has 0 atom stereocenters. The molecule has 3 heteroatoms. The predicted octanol–water partition coefficient (Wildman–Crippen LogP) is 7.47. The summed E-state index contributed by atoms with van der Waals surface area (Å²) in [5.41, 5.74) is 2.90. The smallest absolute Gasteiger partial charge is 0.115 e. The van der Waals surface area contributed by atoms with Gasteiger partial charge in [-0.25, -0.2) is 0 Å². The van der Waals surface area contributed by atoms with E-state index in [9.17, 15) is 10.2 Å². The van der Waals surface area contributed by atoms with E-state index in [0.29, 0.717) is 0 Å². The molecular formula is C28H19NO2. The molecule has 0 fully saturated rings. The van der Waals surface area contributed by atoms with E-state index in [1.54, 1.807) is 24.3 Å². The average Bonchev–Trinajstić information content (AvgIpc) is 2.81. The van der Waals surface area contributed by atoms with Gasteiger partial charge in [0.25, 0.3) is 0 Å². The SMILES string of the molecule is Oc1ccc(N(c2ccc(O)cc2)c2ccc3ccc4cccc5ccc2c3c45)cc1. The first-order valence-electron chi connectivity index (χ1n) is 10.2. The highest BCUT2D eigenvalue weighted by molar-refractivity contribution is 6.25. The monoisotopic (exact) mass is 401 g/mol. The van der Waals surface area contributed by atoms with E-state index in [1.807, 2.05) is 24.3 Å². The first-order valence-corrected chi connectivity index (χ1v) is 10.2. The van der Waals surface area contributed by atoms with Crippen LogP contribution in [0.3, 0.4) is 0 Å². The van der Waals surface area contributed by atoms with Crippen molar-refractivity contribution in [3.63, 3.8) is 0 Å². The van der Waals surface area contributed by atoms with Crippen LogP contribution < -0.4 is 4.90 Å². The Morgan fingerprint density at radius 3 is 1.52 bits per heavy atom. The fourth-order valence-corrected chi connectivity index (χ4v) is 4.55. The van der Waals surface area contributed by atoms with Crippen LogP contribution in [-0.2, 0) is 0 Å². The first kappa shape index (κ1) is 17.6. The molecule has 6 rings (SSSR count). The van der Waals surface area contributed by atoms with Gasteiger partial charge in [0.1, 0.15) is 11.5 Å². The van der Waals surface area contributed by atoms with Crippen LogP contribution in [0.5, 0.6) is 11.5 Å². The van der Waals surface area contributed by atoms with Gasteiger partial charge in [-0.05, 0) is 81.5 Å². The van der Waals surface area contributed by atoms with Crippen LogP contribution in [0, 0.1) is 0 Å². The van der Waals surface area contributed by atoms with Crippen molar-refractivity contribution in [1.82, 2.24) is 0 Å². The van der Waals surface area contributed by atoms with Crippen molar-refractivity contribution in [1.29, 1.82) is 0 Å². The van der Waals surface area contributed by atoms with Crippen molar-refractivity contribution in [3.8, 4) is 11.5 Å². The van der Waals surface area contributed by atoms with Crippen LogP contribution in [0.2, 0.25) is 0 Å². The quantitative estimate of drug-likeness (QED) is 0.302. The molecule has 0 saturated heterocycles.